The predicted octanol–water partition coefficient (Wildman–Crippen LogP) is 2.11. The van der Waals surface area contributed by atoms with E-state index in [1.165, 1.54) is 23.8 Å². The Labute approximate surface area is 142 Å². The first-order valence-corrected chi connectivity index (χ1v) is 7.74. The number of nitrogens with zero attached hydrogens (tertiary/aromatic N) is 2. The summed E-state index contributed by atoms with van der Waals surface area (Å²) in [4.78, 5) is 34.7. The molecule has 0 spiro atoms. The van der Waals surface area contributed by atoms with E-state index in [0.717, 1.165) is 0 Å². The van der Waals surface area contributed by atoms with Crippen LogP contribution in [0.25, 0.3) is 0 Å². The zero-order valence-electron chi connectivity index (χ0n) is 13.6. The Morgan fingerprint density at radius 3 is 2.68 bits per heavy atom. The normalized spacial score (nSPS) is 12.7. The molecule has 8 heteroatoms. The number of Topliss-reactive ketones (excluding diaryl/α,β-unsaturated/α-hetero) is 1. The molecule has 0 atom stereocenters. The van der Waals surface area contributed by atoms with Gasteiger partial charge in [0.15, 0.2) is 17.3 Å². The first kappa shape index (κ1) is 16.7. The van der Waals surface area contributed by atoms with Gasteiger partial charge in [-0.3, -0.25) is 19.7 Å². The second-order valence-electron chi connectivity index (χ2n) is 5.66. The van der Waals surface area contributed by atoms with Crippen LogP contribution >= 0.6 is 0 Å². The van der Waals surface area contributed by atoms with Crippen molar-refractivity contribution in [1.82, 2.24) is 4.57 Å². The number of ketones is 1. The van der Waals surface area contributed by atoms with Gasteiger partial charge in [0.05, 0.1) is 11.1 Å². The summed E-state index contributed by atoms with van der Waals surface area (Å²) in [5, 5.41) is 11.0. The van der Waals surface area contributed by atoms with Gasteiger partial charge in [0, 0.05) is 30.2 Å². The SMILES string of the molecule is Cc1cc(=O)n(CCC(=O)c2ccc3c(c2)OCCO3)cc1[N+](=O)[O-]. The highest BCUT2D eigenvalue weighted by Gasteiger charge is 2.17. The lowest BCUT2D eigenvalue weighted by Crippen LogP contribution is -2.21. The average Bonchev–Trinajstić information content (AvgIpc) is 2.60. The van der Waals surface area contributed by atoms with Gasteiger partial charge in [-0.05, 0) is 25.1 Å². The number of ether oxygens (including phenoxy) is 2. The molecule has 8 nitrogen and oxygen atoms in total. The van der Waals surface area contributed by atoms with Crippen LogP contribution in [-0.4, -0.2) is 28.5 Å². The summed E-state index contributed by atoms with van der Waals surface area (Å²) in [5.41, 5.74) is 0.216. The van der Waals surface area contributed by atoms with Gasteiger partial charge in [-0.2, -0.15) is 0 Å². The van der Waals surface area contributed by atoms with Gasteiger partial charge in [0.2, 0.25) is 0 Å². The minimum Gasteiger partial charge on any atom is -0.486 e. The van der Waals surface area contributed by atoms with E-state index < -0.39 is 4.92 Å². The monoisotopic (exact) mass is 344 g/mol. The second kappa shape index (κ2) is 6.76. The summed E-state index contributed by atoms with van der Waals surface area (Å²) in [5.74, 6) is 0.917. The molecule has 1 aromatic carbocycles. The summed E-state index contributed by atoms with van der Waals surface area (Å²) in [6.45, 7) is 2.46. The zero-order valence-corrected chi connectivity index (χ0v) is 13.6. The van der Waals surface area contributed by atoms with Crippen LogP contribution in [0.15, 0.2) is 35.3 Å². The minimum absolute atomic E-state index is 0.0414. The van der Waals surface area contributed by atoms with Crippen molar-refractivity contribution in [2.75, 3.05) is 13.2 Å². The summed E-state index contributed by atoms with van der Waals surface area (Å²) >= 11 is 0. The lowest BCUT2D eigenvalue weighted by Gasteiger charge is -2.18. The molecule has 1 aliphatic heterocycles. The minimum atomic E-state index is -0.548. The Morgan fingerprint density at radius 2 is 1.96 bits per heavy atom. The van der Waals surface area contributed by atoms with Crippen molar-refractivity contribution in [3.63, 3.8) is 0 Å². The molecule has 0 unspecified atom stereocenters. The number of nitro groups is 1. The Bertz CT molecular complexity index is 902. The highest BCUT2D eigenvalue weighted by Crippen LogP contribution is 2.31. The van der Waals surface area contributed by atoms with Crippen LogP contribution in [0.3, 0.4) is 0 Å². The van der Waals surface area contributed by atoms with Crippen molar-refractivity contribution in [3.8, 4) is 11.5 Å². The van der Waals surface area contributed by atoms with Crippen molar-refractivity contribution in [3.05, 3.63) is 62.1 Å². The number of aryl methyl sites for hydroxylation is 2. The molecular weight excluding hydrogens is 328 g/mol. The van der Waals surface area contributed by atoms with Crippen LogP contribution in [0.1, 0.15) is 22.3 Å². The highest BCUT2D eigenvalue weighted by atomic mass is 16.6. The van der Waals surface area contributed by atoms with Crippen LogP contribution in [0.4, 0.5) is 5.69 Å². The highest BCUT2D eigenvalue weighted by molar-refractivity contribution is 5.96. The number of carbonyl (C=O) groups is 1. The van der Waals surface area contributed by atoms with Crippen molar-refractivity contribution in [2.24, 2.45) is 0 Å². The molecule has 0 saturated heterocycles. The maximum atomic E-state index is 12.4. The van der Waals surface area contributed by atoms with E-state index in [1.54, 1.807) is 18.2 Å². The number of fused-ring (bicyclic) bond motifs is 1. The summed E-state index contributed by atoms with van der Waals surface area (Å²) < 4.78 is 12.0. The molecule has 1 aromatic heterocycles. The van der Waals surface area contributed by atoms with Gasteiger partial charge in [-0.1, -0.05) is 0 Å². The van der Waals surface area contributed by atoms with Crippen LogP contribution in [-0.2, 0) is 6.54 Å². The Kier molecular flexibility index (Phi) is 4.51. The summed E-state index contributed by atoms with van der Waals surface area (Å²) in [6, 6.07) is 6.12. The average molecular weight is 344 g/mol. The van der Waals surface area contributed by atoms with E-state index in [1.807, 2.05) is 0 Å². The van der Waals surface area contributed by atoms with Crippen molar-refractivity contribution < 1.29 is 19.2 Å². The van der Waals surface area contributed by atoms with Gasteiger partial charge in [0.25, 0.3) is 11.2 Å². The lowest BCUT2D eigenvalue weighted by molar-refractivity contribution is -0.385. The van der Waals surface area contributed by atoms with Crippen molar-refractivity contribution in [1.29, 1.82) is 0 Å². The maximum absolute atomic E-state index is 12.4. The van der Waals surface area contributed by atoms with Gasteiger partial charge in [0.1, 0.15) is 13.2 Å². The predicted molar refractivity (Wildman–Crippen MR) is 88.5 cm³/mol. The van der Waals surface area contributed by atoms with Crippen LogP contribution in [0, 0.1) is 17.0 Å². The second-order valence-corrected chi connectivity index (χ2v) is 5.66. The number of benzene rings is 1. The molecule has 0 N–H and O–H groups in total. The molecule has 0 bridgehead atoms. The van der Waals surface area contributed by atoms with Crippen LogP contribution in [0.5, 0.6) is 11.5 Å². The number of carbonyl (C=O) groups excluding carboxylic acids is 1. The fraction of sp³-hybridized carbons (Fsp3) is 0.294. The van der Waals surface area contributed by atoms with E-state index in [4.69, 9.17) is 9.47 Å². The third-order valence-electron chi connectivity index (χ3n) is 3.95. The summed E-state index contributed by atoms with van der Waals surface area (Å²) in [7, 11) is 0. The van der Waals surface area contributed by atoms with E-state index in [0.29, 0.717) is 35.8 Å². The third kappa shape index (κ3) is 3.52. The molecular formula is C17H16N2O6. The first-order valence-electron chi connectivity index (χ1n) is 7.74. The van der Waals surface area contributed by atoms with Gasteiger partial charge in [-0.25, -0.2) is 0 Å². The molecule has 0 aliphatic carbocycles. The molecule has 0 fully saturated rings. The number of pyridine rings is 1. The first-order chi connectivity index (χ1) is 12.0. The maximum Gasteiger partial charge on any atom is 0.288 e. The van der Waals surface area contributed by atoms with Crippen molar-refractivity contribution in [2.45, 2.75) is 19.9 Å². The third-order valence-corrected chi connectivity index (χ3v) is 3.95. The lowest BCUT2D eigenvalue weighted by atomic mass is 10.1. The number of rotatable bonds is 5. The number of hydrogen-bond acceptors (Lipinski definition) is 6. The molecule has 2 aromatic rings. The Morgan fingerprint density at radius 1 is 1.24 bits per heavy atom. The fourth-order valence-corrected chi connectivity index (χ4v) is 2.60. The van der Waals surface area contributed by atoms with Crippen molar-refractivity contribution >= 4 is 11.5 Å². The number of hydrogen-bond donors (Lipinski definition) is 0. The molecule has 0 radical (unpaired) electrons. The quantitative estimate of drug-likeness (QED) is 0.468. The van der Waals surface area contributed by atoms with E-state index >= 15 is 0 Å². The number of aromatic nitrogens is 1. The smallest absolute Gasteiger partial charge is 0.288 e. The standard InChI is InChI=1S/C17H16N2O6/c1-11-8-17(21)18(10-13(11)19(22)23)5-4-14(20)12-2-3-15-16(9-12)25-7-6-24-15/h2-3,8-10H,4-7H2,1H3. The molecule has 130 valence electrons. The van der Waals surface area contributed by atoms with E-state index in [-0.39, 0.29) is 30.0 Å². The van der Waals surface area contributed by atoms with Crippen LogP contribution < -0.4 is 15.0 Å². The fourth-order valence-electron chi connectivity index (χ4n) is 2.60. The van der Waals surface area contributed by atoms with Gasteiger partial charge in [-0.15, -0.1) is 0 Å². The van der Waals surface area contributed by atoms with Gasteiger partial charge >= 0.3 is 0 Å². The Balaban J connectivity index is 1.75. The largest absolute Gasteiger partial charge is 0.486 e. The molecule has 3 rings (SSSR count). The van der Waals surface area contributed by atoms with Gasteiger partial charge < -0.3 is 14.0 Å². The molecule has 1 aliphatic rings. The van der Waals surface area contributed by atoms with E-state index in [2.05, 4.69) is 0 Å². The van der Waals surface area contributed by atoms with Crippen LogP contribution in [0.2, 0.25) is 0 Å². The molecule has 25 heavy (non-hydrogen) atoms. The Hall–Kier alpha value is -3.16. The molecule has 0 amide bonds. The summed E-state index contributed by atoms with van der Waals surface area (Å²) in [6.07, 6.45) is 1.22. The van der Waals surface area contributed by atoms with E-state index in [9.17, 15) is 19.7 Å². The topological polar surface area (TPSA) is 101 Å². The zero-order chi connectivity index (χ0) is 18.0. The molecule has 2 heterocycles. The molecule has 0 saturated carbocycles.